The second kappa shape index (κ2) is 8.71. The number of carbonyl (C=O) groups excluding carboxylic acids is 1. The molecule has 0 aliphatic carbocycles. The van der Waals surface area contributed by atoms with Crippen LogP contribution in [-0.4, -0.2) is 27.0 Å². The summed E-state index contributed by atoms with van der Waals surface area (Å²) in [4.78, 5) is 31.8. The van der Waals surface area contributed by atoms with Crippen LogP contribution in [-0.2, 0) is 17.8 Å². The number of fused-ring (bicyclic) bond motifs is 1. The maximum atomic E-state index is 12.3. The van der Waals surface area contributed by atoms with E-state index in [4.69, 9.17) is 9.84 Å². The number of hydrogen-bond acceptors (Lipinski definition) is 6. The van der Waals surface area contributed by atoms with Crippen molar-refractivity contribution < 1.29 is 19.4 Å². The fourth-order valence-electron chi connectivity index (χ4n) is 2.85. The second-order valence-corrected chi connectivity index (χ2v) is 7.60. The lowest BCUT2D eigenvalue weighted by molar-refractivity contribution is -0.120. The molecule has 2 aromatic carbocycles. The summed E-state index contributed by atoms with van der Waals surface area (Å²) in [7, 11) is 0. The summed E-state index contributed by atoms with van der Waals surface area (Å²) in [5, 5.41) is 12.6. The molecule has 0 unspecified atom stereocenters. The highest BCUT2D eigenvalue weighted by Gasteiger charge is 2.11. The molecule has 0 spiro atoms. The molecule has 2 heterocycles. The number of rotatable bonds is 7. The zero-order chi connectivity index (χ0) is 20.9. The van der Waals surface area contributed by atoms with Gasteiger partial charge in [-0.25, -0.2) is 9.78 Å². The largest absolute Gasteiger partial charge is 0.478 e. The van der Waals surface area contributed by atoms with Crippen molar-refractivity contribution in [1.29, 1.82) is 0 Å². The van der Waals surface area contributed by atoms with Crippen LogP contribution in [0.5, 0.6) is 11.5 Å². The predicted molar refractivity (Wildman–Crippen MR) is 113 cm³/mol. The standard InChI is InChI=1S/C22H17N3O4S/c26-20(24-13-14-2-1-3-15(10-14)22(27)28)12-21-25-18-5-4-17(11-19(18)30-21)29-16-6-8-23-9-7-16/h1-11H,12-13H2,(H,24,26)(H,27,28). The summed E-state index contributed by atoms with van der Waals surface area (Å²) in [5.41, 5.74) is 1.72. The molecular weight excluding hydrogens is 402 g/mol. The van der Waals surface area contributed by atoms with Crippen LogP contribution in [0.15, 0.2) is 67.0 Å². The van der Waals surface area contributed by atoms with Gasteiger partial charge in [-0.2, -0.15) is 0 Å². The Morgan fingerprint density at radius 3 is 2.67 bits per heavy atom. The minimum Gasteiger partial charge on any atom is -0.478 e. The first kappa shape index (κ1) is 19.5. The maximum absolute atomic E-state index is 12.3. The van der Waals surface area contributed by atoms with Gasteiger partial charge in [-0.05, 0) is 42.0 Å². The van der Waals surface area contributed by atoms with E-state index in [1.807, 2.05) is 18.2 Å². The minimum absolute atomic E-state index is 0.151. The SMILES string of the molecule is O=C(Cc1nc2ccc(Oc3ccncc3)cc2s1)NCc1cccc(C(=O)O)c1. The van der Waals surface area contributed by atoms with Crippen molar-refractivity contribution in [3.05, 3.63) is 83.1 Å². The van der Waals surface area contributed by atoms with Gasteiger partial charge >= 0.3 is 5.97 Å². The number of carbonyl (C=O) groups is 2. The number of benzene rings is 2. The predicted octanol–water partition coefficient (Wildman–Crippen LogP) is 4.04. The lowest BCUT2D eigenvalue weighted by Crippen LogP contribution is -2.24. The molecule has 0 aliphatic rings. The minimum atomic E-state index is -0.995. The molecule has 0 saturated heterocycles. The Morgan fingerprint density at radius 2 is 1.87 bits per heavy atom. The Balaban J connectivity index is 1.39. The Bertz CT molecular complexity index is 1210. The van der Waals surface area contributed by atoms with Crippen molar-refractivity contribution in [1.82, 2.24) is 15.3 Å². The summed E-state index contributed by atoms with van der Waals surface area (Å²) in [5.74, 6) is 0.208. The molecule has 7 nitrogen and oxygen atoms in total. The molecule has 8 heteroatoms. The quantitative estimate of drug-likeness (QED) is 0.469. The molecule has 0 radical (unpaired) electrons. The zero-order valence-corrected chi connectivity index (χ0v) is 16.6. The van der Waals surface area contributed by atoms with Crippen LogP contribution in [0, 0.1) is 0 Å². The summed E-state index contributed by atoms with van der Waals surface area (Å²) in [6, 6.07) is 15.6. The topological polar surface area (TPSA) is 101 Å². The summed E-state index contributed by atoms with van der Waals surface area (Å²) < 4.78 is 6.74. The van der Waals surface area contributed by atoms with Gasteiger partial charge in [-0.3, -0.25) is 9.78 Å². The number of carboxylic acids is 1. The second-order valence-electron chi connectivity index (χ2n) is 6.48. The number of carboxylic acid groups (broad SMARTS) is 1. The van der Waals surface area contributed by atoms with Crippen LogP contribution in [0.25, 0.3) is 10.2 Å². The Kier molecular flexibility index (Phi) is 5.67. The first-order valence-corrected chi connectivity index (χ1v) is 9.95. The maximum Gasteiger partial charge on any atom is 0.335 e. The third kappa shape index (κ3) is 4.79. The number of thiazole rings is 1. The number of hydrogen-bond donors (Lipinski definition) is 2. The molecule has 0 aliphatic heterocycles. The average molecular weight is 419 g/mol. The number of pyridine rings is 1. The van der Waals surface area contributed by atoms with Gasteiger partial charge in [0.2, 0.25) is 5.91 Å². The number of ether oxygens (including phenoxy) is 1. The number of aromatic carboxylic acids is 1. The van der Waals surface area contributed by atoms with E-state index in [0.717, 1.165) is 15.8 Å². The Labute approximate surface area is 176 Å². The van der Waals surface area contributed by atoms with E-state index in [2.05, 4.69) is 15.3 Å². The average Bonchev–Trinajstić information content (AvgIpc) is 3.14. The lowest BCUT2D eigenvalue weighted by atomic mass is 10.1. The van der Waals surface area contributed by atoms with Gasteiger partial charge in [0.1, 0.15) is 16.5 Å². The third-order valence-electron chi connectivity index (χ3n) is 4.27. The lowest BCUT2D eigenvalue weighted by Gasteiger charge is -2.05. The molecule has 2 aromatic heterocycles. The van der Waals surface area contributed by atoms with Crippen molar-refractivity contribution in [2.45, 2.75) is 13.0 Å². The molecular formula is C22H17N3O4S. The fourth-order valence-corrected chi connectivity index (χ4v) is 3.84. The van der Waals surface area contributed by atoms with Crippen LogP contribution in [0.4, 0.5) is 0 Å². The van der Waals surface area contributed by atoms with Gasteiger partial charge in [-0.15, -0.1) is 11.3 Å². The molecule has 2 N–H and O–H groups in total. The van der Waals surface area contributed by atoms with E-state index in [1.165, 1.54) is 17.4 Å². The molecule has 0 atom stereocenters. The number of amides is 1. The highest BCUT2D eigenvalue weighted by molar-refractivity contribution is 7.18. The van der Waals surface area contributed by atoms with Crippen molar-refractivity contribution >= 4 is 33.4 Å². The van der Waals surface area contributed by atoms with E-state index >= 15 is 0 Å². The van der Waals surface area contributed by atoms with Crippen molar-refractivity contribution in [2.75, 3.05) is 0 Å². The molecule has 4 aromatic rings. The van der Waals surface area contributed by atoms with E-state index < -0.39 is 5.97 Å². The van der Waals surface area contributed by atoms with E-state index in [-0.39, 0.29) is 24.4 Å². The smallest absolute Gasteiger partial charge is 0.335 e. The molecule has 0 bridgehead atoms. The monoisotopic (exact) mass is 419 g/mol. The molecule has 0 saturated carbocycles. The highest BCUT2D eigenvalue weighted by Crippen LogP contribution is 2.29. The van der Waals surface area contributed by atoms with Crippen LogP contribution in [0.3, 0.4) is 0 Å². The van der Waals surface area contributed by atoms with Crippen LogP contribution < -0.4 is 10.1 Å². The number of nitrogens with one attached hydrogen (secondary N) is 1. The first-order valence-electron chi connectivity index (χ1n) is 9.13. The van der Waals surface area contributed by atoms with Gasteiger partial charge in [0, 0.05) is 25.0 Å². The van der Waals surface area contributed by atoms with Gasteiger partial charge in [-0.1, -0.05) is 12.1 Å². The highest BCUT2D eigenvalue weighted by atomic mass is 32.1. The van der Waals surface area contributed by atoms with E-state index in [9.17, 15) is 9.59 Å². The fraction of sp³-hybridized carbons (Fsp3) is 0.0909. The molecule has 150 valence electrons. The Morgan fingerprint density at radius 1 is 1.03 bits per heavy atom. The summed E-state index contributed by atoms with van der Waals surface area (Å²) >= 11 is 1.44. The van der Waals surface area contributed by atoms with Gasteiger partial charge < -0.3 is 15.2 Å². The first-order chi connectivity index (χ1) is 14.6. The van der Waals surface area contributed by atoms with Crippen LogP contribution in [0.2, 0.25) is 0 Å². The van der Waals surface area contributed by atoms with Gasteiger partial charge in [0.05, 0.1) is 22.2 Å². The number of nitrogens with zero attached hydrogens (tertiary/aromatic N) is 2. The summed E-state index contributed by atoms with van der Waals surface area (Å²) in [6.07, 6.45) is 3.48. The van der Waals surface area contributed by atoms with Crippen molar-refractivity contribution in [3.63, 3.8) is 0 Å². The van der Waals surface area contributed by atoms with Crippen molar-refractivity contribution in [3.8, 4) is 11.5 Å². The summed E-state index contributed by atoms with van der Waals surface area (Å²) in [6.45, 7) is 0.259. The third-order valence-corrected chi connectivity index (χ3v) is 5.28. The van der Waals surface area contributed by atoms with Crippen LogP contribution >= 0.6 is 11.3 Å². The Hall–Kier alpha value is -3.78. The van der Waals surface area contributed by atoms with Crippen LogP contribution in [0.1, 0.15) is 20.9 Å². The molecule has 4 rings (SSSR count). The molecule has 0 fully saturated rings. The molecule has 30 heavy (non-hydrogen) atoms. The van der Waals surface area contributed by atoms with Crippen molar-refractivity contribution in [2.24, 2.45) is 0 Å². The molecule has 1 amide bonds. The van der Waals surface area contributed by atoms with E-state index in [0.29, 0.717) is 16.5 Å². The van der Waals surface area contributed by atoms with Gasteiger partial charge in [0.25, 0.3) is 0 Å². The van der Waals surface area contributed by atoms with Gasteiger partial charge in [0.15, 0.2) is 0 Å². The normalized spacial score (nSPS) is 10.7. The van der Waals surface area contributed by atoms with E-state index in [1.54, 1.807) is 42.7 Å². The number of aromatic nitrogens is 2. The zero-order valence-electron chi connectivity index (χ0n) is 15.7.